The quantitative estimate of drug-likeness (QED) is 0.596. The second kappa shape index (κ2) is 7.74. The number of carbonyl (C=O) groups excluding carboxylic acids is 2. The Kier molecular flexibility index (Phi) is 5.21. The number of nitrogens with zero attached hydrogens (tertiary/aromatic N) is 4. The van der Waals surface area contributed by atoms with Crippen molar-refractivity contribution in [1.29, 1.82) is 0 Å². The highest BCUT2D eigenvalue weighted by atomic mass is 16.4. The number of benzene rings is 1. The number of hydrogen-bond donors (Lipinski definition) is 3. The number of rotatable bonds is 6. The lowest BCUT2D eigenvalue weighted by molar-refractivity contribution is 0.0692. The molecule has 0 aliphatic carbocycles. The Balaban J connectivity index is 1.73. The van der Waals surface area contributed by atoms with Gasteiger partial charge in [0.2, 0.25) is 0 Å². The average Bonchev–Trinajstić information content (AvgIpc) is 3.28. The second-order valence-electron chi connectivity index (χ2n) is 5.92. The van der Waals surface area contributed by atoms with Crippen LogP contribution in [-0.4, -0.2) is 42.5 Å². The maximum Gasteiger partial charge on any atom is 0.339 e. The molecule has 0 spiro atoms. The van der Waals surface area contributed by atoms with Gasteiger partial charge in [0.15, 0.2) is 11.4 Å². The summed E-state index contributed by atoms with van der Waals surface area (Å²) in [5.41, 5.74) is 0.707. The molecule has 2 amide bonds. The number of nitrogens with one attached hydrogen (secondary N) is 2. The molecule has 0 saturated carbocycles. The van der Waals surface area contributed by atoms with Crippen LogP contribution in [0.5, 0.6) is 0 Å². The summed E-state index contributed by atoms with van der Waals surface area (Å²) in [5.74, 6) is -2.29. The number of amides is 2. The first kappa shape index (κ1) is 18.8. The van der Waals surface area contributed by atoms with Gasteiger partial charge in [-0.3, -0.25) is 19.0 Å². The van der Waals surface area contributed by atoms with Crippen LogP contribution in [0.2, 0.25) is 0 Å². The highest BCUT2D eigenvalue weighted by Gasteiger charge is 2.21. The third kappa shape index (κ3) is 4.06. The summed E-state index contributed by atoms with van der Waals surface area (Å²) < 4.78 is 2.89. The van der Waals surface area contributed by atoms with E-state index in [-0.39, 0.29) is 22.9 Å². The van der Waals surface area contributed by atoms with Crippen molar-refractivity contribution >= 4 is 29.2 Å². The zero-order valence-corrected chi connectivity index (χ0v) is 15.2. The van der Waals surface area contributed by atoms with Gasteiger partial charge in [-0.05, 0) is 31.2 Å². The molecule has 3 aromatic rings. The molecule has 2 aromatic heterocycles. The minimum atomic E-state index is -1.24. The molecule has 0 aliphatic rings. The Bertz CT molecular complexity index is 1050. The molecule has 0 radical (unpaired) electrons. The molecule has 0 aliphatic heterocycles. The molecule has 3 rings (SSSR count). The van der Waals surface area contributed by atoms with Crippen LogP contribution in [-0.2, 0) is 13.6 Å². The molecular formula is C18H18N6O4. The number of carbonyl (C=O) groups is 3. The van der Waals surface area contributed by atoms with Gasteiger partial charge in [0.25, 0.3) is 11.8 Å². The molecular weight excluding hydrogens is 364 g/mol. The van der Waals surface area contributed by atoms with Gasteiger partial charge in [-0.2, -0.15) is 10.2 Å². The number of aromatic carboxylic acids is 1. The topological polar surface area (TPSA) is 131 Å². The zero-order valence-electron chi connectivity index (χ0n) is 15.2. The smallest absolute Gasteiger partial charge is 0.339 e. The summed E-state index contributed by atoms with van der Waals surface area (Å²) in [4.78, 5) is 35.9. The normalized spacial score (nSPS) is 10.5. The lowest BCUT2D eigenvalue weighted by Crippen LogP contribution is -2.17. The van der Waals surface area contributed by atoms with E-state index in [1.165, 1.54) is 17.9 Å². The van der Waals surface area contributed by atoms with E-state index in [9.17, 15) is 19.5 Å². The van der Waals surface area contributed by atoms with Crippen LogP contribution in [0, 0.1) is 0 Å². The van der Waals surface area contributed by atoms with Crippen molar-refractivity contribution < 1.29 is 19.5 Å². The molecule has 3 N–H and O–H groups in total. The molecule has 144 valence electrons. The number of aryl methyl sites for hydroxylation is 2. The first-order chi connectivity index (χ1) is 13.4. The van der Waals surface area contributed by atoms with Gasteiger partial charge in [-0.25, -0.2) is 4.79 Å². The van der Waals surface area contributed by atoms with Crippen molar-refractivity contribution in [1.82, 2.24) is 19.6 Å². The van der Waals surface area contributed by atoms with Gasteiger partial charge >= 0.3 is 5.97 Å². The molecule has 0 unspecified atom stereocenters. The van der Waals surface area contributed by atoms with Crippen LogP contribution >= 0.6 is 0 Å². The van der Waals surface area contributed by atoms with Crippen molar-refractivity contribution in [3.05, 3.63) is 59.7 Å². The third-order valence-corrected chi connectivity index (χ3v) is 3.85. The predicted molar refractivity (Wildman–Crippen MR) is 100 cm³/mol. The summed E-state index contributed by atoms with van der Waals surface area (Å²) in [6.07, 6.45) is 2.96. The summed E-state index contributed by atoms with van der Waals surface area (Å²) >= 11 is 0. The maximum absolute atomic E-state index is 12.4. The molecule has 1 aromatic carbocycles. The molecule has 2 heterocycles. The summed E-state index contributed by atoms with van der Waals surface area (Å²) in [6.45, 7) is 2.57. The van der Waals surface area contributed by atoms with E-state index in [1.807, 2.05) is 6.92 Å². The van der Waals surface area contributed by atoms with Crippen molar-refractivity contribution in [3.8, 4) is 0 Å². The molecule has 0 atom stereocenters. The molecule has 0 fully saturated rings. The fourth-order valence-corrected chi connectivity index (χ4v) is 2.53. The van der Waals surface area contributed by atoms with E-state index in [0.717, 1.165) is 0 Å². The molecule has 10 heteroatoms. The van der Waals surface area contributed by atoms with E-state index in [2.05, 4.69) is 20.8 Å². The van der Waals surface area contributed by atoms with Crippen LogP contribution in [0.3, 0.4) is 0 Å². The fraction of sp³-hybridized carbons (Fsp3) is 0.167. The van der Waals surface area contributed by atoms with Crippen molar-refractivity contribution in [2.24, 2.45) is 7.05 Å². The zero-order chi connectivity index (χ0) is 20.3. The minimum Gasteiger partial charge on any atom is -0.478 e. The summed E-state index contributed by atoms with van der Waals surface area (Å²) in [6, 6.07) is 8.08. The van der Waals surface area contributed by atoms with Crippen molar-refractivity contribution in [2.45, 2.75) is 13.5 Å². The molecule has 10 nitrogen and oxygen atoms in total. The van der Waals surface area contributed by atoms with Gasteiger partial charge < -0.3 is 15.7 Å². The van der Waals surface area contributed by atoms with E-state index < -0.39 is 11.9 Å². The Morgan fingerprint density at radius 3 is 2.36 bits per heavy atom. The third-order valence-electron chi connectivity index (χ3n) is 3.85. The van der Waals surface area contributed by atoms with Gasteiger partial charge in [0.05, 0.1) is 0 Å². The summed E-state index contributed by atoms with van der Waals surface area (Å²) in [7, 11) is 1.53. The number of aromatic nitrogens is 4. The van der Waals surface area contributed by atoms with E-state index in [0.29, 0.717) is 17.9 Å². The maximum atomic E-state index is 12.4. The average molecular weight is 382 g/mol. The Hall–Kier alpha value is -3.95. The second-order valence-corrected chi connectivity index (χ2v) is 5.92. The van der Waals surface area contributed by atoms with Gasteiger partial charge in [-0.1, -0.05) is 6.07 Å². The first-order valence-corrected chi connectivity index (χ1v) is 8.40. The van der Waals surface area contributed by atoms with Crippen LogP contribution in [0.15, 0.2) is 42.7 Å². The van der Waals surface area contributed by atoms with Gasteiger partial charge in [0.1, 0.15) is 5.56 Å². The van der Waals surface area contributed by atoms with Crippen LogP contribution in [0.1, 0.15) is 38.3 Å². The standard InChI is InChI=1S/C18H18N6O4/c1-3-24-8-7-14(21-24)16(25)19-11-5-4-6-12(9-11)20-17(26)15-13(18(27)28)10-23(2)22-15/h4-10H,3H2,1-2H3,(H,19,25)(H,20,26)(H,27,28). The highest BCUT2D eigenvalue weighted by molar-refractivity contribution is 6.09. The van der Waals surface area contributed by atoms with E-state index in [4.69, 9.17) is 0 Å². The van der Waals surface area contributed by atoms with Gasteiger partial charge in [0, 0.05) is 37.4 Å². The van der Waals surface area contributed by atoms with E-state index >= 15 is 0 Å². The van der Waals surface area contributed by atoms with Crippen molar-refractivity contribution in [2.75, 3.05) is 10.6 Å². The lowest BCUT2D eigenvalue weighted by Gasteiger charge is -2.08. The Labute approximate surface area is 159 Å². The molecule has 28 heavy (non-hydrogen) atoms. The monoisotopic (exact) mass is 382 g/mol. The van der Waals surface area contributed by atoms with Crippen LogP contribution < -0.4 is 10.6 Å². The highest BCUT2D eigenvalue weighted by Crippen LogP contribution is 2.17. The number of hydrogen-bond acceptors (Lipinski definition) is 5. The van der Waals surface area contributed by atoms with Gasteiger partial charge in [-0.15, -0.1) is 0 Å². The van der Waals surface area contributed by atoms with E-state index in [1.54, 1.807) is 41.2 Å². The molecule has 0 saturated heterocycles. The summed E-state index contributed by atoms with van der Waals surface area (Å²) in [5, 5.41) is 22.5. The van der Waals surface area contributed by atoms with Crippen molar-refractivity contribution in [3.63, 3.8) is 0 Å². The molecule has 0 bridgehead atoms. The van der Waals surface area contributed by atoms with Crippen LogP contribution in [0.4, 0.5) is 11.4 Å². The fourth-order valence-electron chi connectivity index (χ4n) is 2.53. The lowest BCUT2D eigenvalue weighted by atomic mass is 10.2. The Morgan fingerprint density at radius 2 is 1.75 bits per heavy atom. The van der Waals surface area contributed by atoms with Crippen LogP contribution in [0.25, 0.3) is 0 Å². The minimum absolute atomic E-state index is 0.198. The Morgan fingerprint density at radius 1 is 1.07 bits per heavy atom. The first-order valence-electron chi connectivity index (χ1n) is 8.40. The number of carboxylic acids is 1. The number of anilines is 2. The SMILES string of the molecule is CCn1ccc(C(=O)Nc2cccc(NC(=O)c3nn(C)cc3C(=O)O)c2)n1. The largest absolute Gasteiger partial charge is 0.478 e. The predicted octanol–water partition coefficient (Wildman–Crippen LogP) is 1.84. The number of carboxylic acid groups (broad SMARTS) is 1.